The summed E-state index contributed by atoms with van der Waals surface area (Å²) in [6.07, 6.45) is 1.88. The van der Waals surface area contributed by atoms with Crippen molar-refractivity contribution in [3.05, 3.63) is 68.6 Å². The van der Waals surface area contributed by atoms with E-state index in [4.69, 9.17) is 0 Å². The number of amidine groups is 1. The fraction of sp³-hybridized carbons (Fsp3) is 0. The molecule has 5 heteroatoms. The van der Waals surface area contributed by atoms with E-state index in [2.05, 4.69) is 32.9 Å². The highest BCUT2D eigenvalue weighted by atomic mass is 127. The SMILES string of the molecule is O=C1NC(=Nc2ccccc2)SC1=Cc1cccc(I)c1. The molecular weight excluding hydrogens is 395 g/mol. The Labute approximate surface area is 140 Å². The molecule has 1 amide bonds. The van der Waals surface area contributed by atoms with Crippen molar-refractivity contribution in [1.29, 1.82) is 0 Å². The number of carbonyl (C=O) groups is 1. The first-order chi connectivity index (χ1) is 10.2. The number of amides is 1. The van der Waals surface area contributed by atoms with Crippen LogP contribution >= 0.6 is 34.4 Å². The molecule has 1 aliphatic rings. The maximum Gasteiger partial charge on any atom is 0.264 e. The first kappa shape index (κ1) is 14.3. The maximum absolute atomic E-state index is 12.0. The summed E-state index contributed by atoms with van der Waals surface area (Å²) in [7, 11) is 0. The number of thioether (sulfide) groups is 1. The van der Waals surface area contributed by atoms with Gasteiger partial charge in [-0.2, -0.15) is 0 Å². The van der Waals surface area contributed by atoms with Gasteiger partial charge in [0.15, 0.2) is 5.17 Å². The van der Waals surface area contributed by atoms with Crippen molar-refractivity contribution in [2.24, 2.45) is 4.99 Å². The Kier molecular flexibility index (Phi) is 4.40. The molecule has 0 radical (unpaired) electrons. The third kappa shape index (κ3) is 3.74. The van der Waals surface area contributed by atoms with Crippen molar-refractivity contribution in [1.82, 2.24) is 5.32 Å². The monoisotopic (exact) mass is 406 g/mol. The van der Waals surface area contributed by atoms with Crippen LogP contribution in [0.2, 0.25) is 0 Å². The second-order valence-corrected chi connectivity index (χ2v) is 6.65. The quantitative estimate of drug-likeness (QED) is 0.601. The highest BCUT2D eigenvalue weighted by Gasteiger charge is 2.23. The molecule has 104 valence electrons. The fourth-order valence-electron chi connectivity index (χ4n) is 1.85. The number of carbonyl (C=O) groups excluding carboxylic acids is 1. The Morgan fingerprint density at radius 1 is 1.10 bits per heavy atom. The van der Waals surface area contributed by atoms with Crippen LogP contribution < -0.4 is 5.32 Å². The summed E-state index contributed by atoms with van der Waals surface area (Å²) in [5, 5.41) is 3.41. The van der Waals surface area contributed by atoms with Crippen LogP contribution in [-0.4, -0.2) is 11.1 Å². The number of hydrogen-bond donors (Lipinski definition) is 1. The molecule has 3 rings (SSSR count). The van der Waals surface area contributed by atoms with Crippen LogP contribution in [0.25, 0.3) is 6.08 Å². The van der Waals surface area contributed by atoms with E-state index in [1.165, 1.54) is 11.8 Å². The Morgan fingerprint density at radius 2 is 1.90 bits per heavy atom. The largest absolute Gasteiger partial charge is 0.300 e. The minimum absolute atomic E-state index is 0.103. The molecule has 0 bridgehead atoms. The molecule has 2 aromatic carbocycles. The highest BCUT2D eigenvalue weighted by Crippen LogP contribution is 2.28. The minimum atomic E-state index is -0.103. The van der Waals surface area contributed by atoms with Crippen LogP contribution in [0.15, 0.2) is 64.5 Å². The van der Waals surface area contributed by atoms with E-state index < -0.39 is 0 Å². The van der Waals surface area contributed by atoms with Gasteiger partial charge in [-0.1, -0.05) is 30.3 Å². The third-order valence-electron chi connectivity index (χ3n) is 2.78. The van der Waals surface area contributed by atoms with Crippen molar-refractivity contribution < 1.29 is 4.79 Å². The van der Waals surface area contributed by atoms with E-state index in [-0.39, 0.29) is 5.91 Å². The van der Waals surface area contributed by atoms with Gasteiger partial charge in [-0.15, -0.1) is 0 Å². The Hall–Kier alpha value is -1.60. The number of aliphatic imine (C=N–C) groups is 1. The lowest BCUT2D eigenvalue weighted by molar-refractivity contribution is -0.115. The first-order valence-electron chi connectivity index (χ1n) is 6.31. The molecule has 1 heterocycles. The summed E-state index contributed by atoms with van der Waals surface area (Å²) in [5.41, 5.74) is 1.84. The predicted octanol–water partition coefficient (Wildman–Crippen LogP) is 4.18. The van der Waals surface area contributed by atoms with Crippen molar-refractivity contribution in [2.45, 2.75) is 0 Å². The molecule has 21 heavy (non-hydrogen) atoms. The van der Waals surface area contributed by atoms with E-state index in [1.54, 1.807) is 0 Å². The van der Waals surface area contributed by atoms with Crippen LogP contribution in [-0.2, 0) is 4.79 Å². The van der Waals surface area contributed by atoms with E-state index in [9.17, 15) is 4.79 Å². The van der Waals surface area contributed by atoms with Crippen LogP contribution in [0.4, 0.5) is 5.69 Å². The van der Waals surface area contributed by atoms with Gasteiger partial charge >= 0.3 is 0 Å². The smallest absolute Gasteiger partial charge is 0.264 e. The maximum atomic E-state index is 12.0. The molecule has 0 saturated carbocycles. The van der Waals surface area contributed by atoms with Gasteiger partial charge in [-0.25, -0.2) is 4.99 Å². The summed E-state index contributed by atoms with van der Waals surface area (Å²) in [6, 6.07) is 17.6. The lowest BCUT2D eigenvalue weighted by atomic mass is 10.2. The lowest BCUT2D eigenvalue weighted by Gasteiger charge is -1.96. The van der Waals surface area contributed by atoms with Crippen LogP contribution in [0.3, 0.4) is 0 Å². The molecule has 0 aromatic heterocycles. The number of hydrogen-bond acceptors (Lipinski definition) is 3. The van der Waals surface area contributed by atoms with Crippen molar-refractivity contribution in [3.63, 3.8) is 0 Å². The topological polar surface area (TPSA) is 41.5 Å². The lowest BCUT2D eigenvalue weighted by Crippen LogP contribution is -2.19. The standard InChI is InChI=1S/C16H11IN2OS/c17-12-6-4-5-11(9-12)10-14-15(20)19-16(21-14)18-13-7-2-1-3-8-13/h1-10H,(H,18,19,20). The predicted molar refractivity (Wildman–Crippen MR) is 96.4 cm³/mol. The number of para-hydroxylation sites is 1. The molecule has 0 aliphatic carbocycles. The summed E-state index contributed by atoms with van der Waals surface area (Å²) in [5.74, 6) is -0.103. The average molecular weight is 406 g/mol. The minimum Gasteiger partial charge on any atom is -0.300 e. The molecule has 1 aliphatic heterocycles. The molecule has 0 atom stereocenters. The third-order valence-corrected chi connectivity index (χ3v) is 4.37. The summed E-state index contributed by atoms with van der Waals surface area (Å²) in [6.45, 7) is 0. The average Bonchev–Trinajstić information content (AvgIpc) is 2.80. The van der Waals surface area contributed by atoms with Gasteiger partial charge in [-0.05, 0) is 70.3 Å². The summed E-state index contributed by atoms with van der Waals surface area (Å²) >= 11 is 3.62. The van der Waals surface area contributed by atoms with Gasteiger partial charge in [0.2, 0.25) is 0 Å². The second kappa shape index (κ2) is 6.44. The fourth-order valence-corrected chi connectivity index (χ4v) is 3.26. The van der Waals surface area contributed by atoms with Crippen LogP contribution in [0, 0.1) is 3.57 Å². The molecule has 3 nitrogen and oxygen atoms in total. The van der Waals surface area contributed by atoms with Gasteiger partial charge < -0.3 is 5.32 Å². The first-order valence-corrected chi connectivity index (χ1v) is 8.20. The van der Waals surface area contributed by atoms with Gasteiger partial charge in [0.05, 0.1) is 10.6 Å². The Bertz CT molecular complexity index is 741. The normalized spacial score (nSPS) is 18.2. The van der Waals surface area contributed by atoms with Gasteiger partial charge in [0.25, 0.3) is 5.91 Å². The molecule has 2 aromatic rings. The molecular formula is C16H11IN2OS. The number of halogens is 1. The highest BCUT2D eigenvalue weighted by molar-refractivity contribution is 14.1. The molecule has 1 N–H and O–H groups in total. The number of nitrogens with zero attached hydrogens (tertiary/aromatic N) is 1. The molecule has 1 fully saturated rings. The van der Waals surface area contributed by atoms with E-state index in [0.29, 0.717) is 10.1 Å². The zero-order valence-corrected chi connectivity index (χ0v) is 13.9. The zero-order valence-electron chi connectivity index (χ0n) is 10.9. The van der Waals surface area contributed by atoms with E-state index in [0.717, 1.165) is 14.8 Å². The van der Waals surface area contributed by atoms with E-state index in [1.807, 2.05) is 60.7 Å². The van der Waals surface area contributed by atoms with Crippen LogP contribution in [0.5, 0.6) is 0 Å². The Morgan fingerprint density at radius 3 is 2.67 bits per heavy atom. The summed E-state index contributed by atoms with van der Waals surface area (Å²) in [4.78, 5) is 17.1. The molecule has 1 saturated heterocycles. The van der Waals surface area contributed by atoms with Crippen molar-refractivity contribution >= 4 is 57.2 Å². The zero-order chi connectivity index (χ0) is 14.7. The van der Waals surface area contributed by atoms with Gasteiger partial charge in [0, 0.05) is 3.57 Å². The number of nitrogens with one attached hydrogen (secondary N) is 1. The molecule has 0 spiro atoms. The van der Waals surface area contributed by atoms with Gasteiger partial charge in [-0.3, -0.25) is 4.79 Å². The van der Waals surface area contributed by atoms with Gasteiger partial charge in [0.1, 0.15) is 0 Å². The van der Waals surface area contributed by atoms with Crippen LogP contribution in [0.1, 0.15) is 5.56 Å². The number of rotatable bonds is 2. The molecule has 0 unspecified atom stereocenters. The van der Waals surface area contributed by atoms with E-state index >= 15 is 0 Å². The second-order valence-electron chi connectivity index (χ2n) is 4.37. The Balaban J connectivity index is 1.84. The summed E-state index contributed by atoms with van der Waals surface area (Å²) < 4.78 is 1.14. The number of benzene rings is 2. The van der Waals surface area contributed by atoms with Crippen molar-refractivity contribution in [3.8, 4) is 0 Å². The van der Waals surface area contributed by atoms with Crippen molar-refractivity contribution in [2.75, 3.05) is 0 Å².